The Morgan fingerprint density at radius 2 is 1.76 bits per heavy atom. The van der Waals surface area contributed by atoms with E-state index < -0.39 is 0 Å². The van der Waals surface area contributed by atoms with Crippen LogP contribution in [0.2, 0.25) is 0 Å². The summed E-state index contributed by atoms with van der Waals surface area (Å²) in [7, 11) is 0. The predicted octanol–water partition coefficient (Wildman–Crippen LogP) is 3.98. The first-order valence-electron chi connectivity index (χ1n) is 6.91. The second kappa shape index (κ2) is 2.99. The van der Waals surface area contributed by atoms with E-state index in [0.29, 0.717) is 10.8 Å². The van der Waals surface area contributed by atoms with E-state index in [4.69, 9.17) is 0 Å². The third-order valence-corrected chi connectivity index (χ3v) is 4.60. The van der Waals surface area contributed by atoms with Gasteiger partial charge in [0.25, 0.3) is 0 Å². The van der Waals surface area contributed by atoms with E-state index in [2.05, 4.69) is 58.7 Å². The van der Waals surface area contributed by atoms with Crippen molar-refractivity contribution in [2.24, 2.45) is 16.7 Å². The van der Waals surface area contributed by atoms with E-state index >= 15 is 0 Å². The minimum absolute atomic E-state index is 0.320. The number of allylic oxidation sites excluding steroid dienone is 2. The van der Waals surface area contributed by atoms with E-state index in [0.717, 1.165) is 18.0 Å². The first-order chi connectivity index (χ1) is 7.71. The minimum atomic E-state index is 0.320. The third-order valence-electron chi connectivity index (χ3n) is 4.60. The molecule has 17 heavy (non-hydrogen) atoms. The summed E-state index contributed by atoms with van der Waals surface area (Å²) in [5.74, 6) is 0.767. The van der Waals surface area contributed by atoms with Gasteiger partial charge < -0.3 is 4.90 Å². The SMILES string of the molecule is CC(C)(C)C1=CN2C(C3=CCC31)C2C(C)(C)C. The Bertz CT molecular complexity index is 414. The van der Waals surface area contributed by atoms with Crippen LogP contribution in [-0.4, -0.2) is 17.0 Å². The van der Waals surface area contributed by atoms with E-state index in [1.54, 1.807) is 11.1 Å². The molecule has 3 rings (SSSR count). The van der Waals surface area contributed by atoms with Gasteiger partial charge >= 0.3 is 0 Å². The highest BCUT2D eigenvalue weighted by Crippen LogP contribution is 2.57. The van der Waals surface area contributed by atoms with Crippen LogP contribution in [0.4, 0.5) is 0 Å². The molecule has 0 aromatic rings. The number of hydrogen-bond donors (Lipinski definition) is 0. The zero-order chi connectivity index (χ0) is 12.6. The van der Waals surface area contributed by atoms with Gasteiger partial charge in [-0.15, -0.1) is 0 Å². The van der Waals surface area contributed by atoms with Crippen molar-refractivity contribution in [2.45, 2.75) is 60.0 Å². The Balaban J connectivity index is 1.95. The lowest BCUT2D eigenvalue weighted by atomic mass is 9.67. The molecular weight excluding hydrogens is 206 g/mol. The van der Waals surface area contributed by atoms with Gasteiger partial charge in [0.05, 0.1) is 12.1 Å². The molecule has 2 heterocycles. The van der Waals surface area contributed by atoms with Gasteiger partial charge in [-0.25, -0.2) is 0 Å². The van der Waals surface area contributed by atoms with Gasteiger partial charge in [-0.1, -0.05) is 47.6 Å². The lowest BCUT2D eigenvalue weighted by molar-refractivity contribution is 0.354. The van der Waals surface area contributed by atoms with Gasteiger partial charge in [0.1, 0.15) is 0 Å². The summed E-state index contributed by atoms with van der Waals surface area (Å²) in [5.41, 5.74) is 4.09. The molecule has 1 saturated heterocycles. The van der Waals surface area contributed by atoms with Crippen molar-refractivity contribution in [1.82, 2.24) is 4.90 Å². The van der Waals surface area contributed by atoms with Crippen LogP contribution in [-0.2, 0) is 0 Å². The number of rotatable bonds is 0. The Labute approximate surface area is 106 Å². The third kappa shape index (κ3) is 1.51. The topological polar surface area (TPSA) is 3.01 Å². The zero-order valence-corrected chi connectivity index (χ0v) is 12.0. The maximum atomic E-state index is 2.60. The highest BCUT2D eigenvalue weighted by atomic mass is 15.4. The summed E-state index contributed by atoms with van der Waals surface area (Å²) >= 11 is 0. The van der Waals surface area contributed by atoms with Crippen molar-refractivity contribution in [3.63, 3.8) is 0 Å². The Morgan fingerprint density at radius 1 is 1.12 bits per heavy atom. The maximum absolute atomic E-state index is 2.60. The first kappa shape index (κ1) is 11.4. The van der Waals surface area contributed by atoms with Crippen LogP contribution in [0, 0.1) is 16.7 Å². The molecule has 0 aromatic heterocycles. The summed E-state index contributed by atoms with van der Waals surface area (Å²) in [6.45, 7) is 14.2. The smallest absolute Gasteiger partial charge is 0.0716 e. The Morgan fingerprint density at radius 3 is 2.18 bits per heavy atom. The van der Waals surface area contributed by atoms with Gasteiger partial charge in [-0.3, -0.25) is 0 Å². The van der Waals surface area contributed by atoms with Gasteiger partial charge in [0.15, 0.2) is 0 Å². The molecule has 1 aliphatic carbocycles. The molecule has 3 aliphatic rings. The minimum Gasteiger partial charge on any atom is -0.363 e. The lowest BCUT2D eigenvalue weighted by Crippen LogP contribution is -2.30. The Hall–Kier alpha value is -0.720. The summed E-state index contributed by atoms with van der Waals surface area (Å²) in [6.07, 6.45) is 6.24. The van der Waals surface area contributed by atoms with Crippen LogP contribution in [0.3, 0.4) is 0 Å². The molecule has 0 N–H and O–H groups in total. The molecule has 3 atom stereocenters. The van der Waals surface area contributed by atoms with Crippen LogP contribution in [0.15, 0.2) is 23.4 Å². The first-order valence-corrected chi connectivity index (χ1v) is 6.91. The molecule has 1 heteroatoms. The molecule has 0 amide bonds. The van der Waals surface area contributed by atoms with Gasteiger partial charge in [0, 0.05) is 12.1 Å². The van der Waals surface area contributed by atoms with Crippen molar-refractivity contribution in [1.29, 1.82) is 0 Å². The molecule has 1 fully saturated rings. The summed E-state index contributed by atoms with van der Waals surface area (Å²) in [4.78, 5) is 2.60. The Kier molecular flexibility index (Phi) is 2.00. The molecule has 94 valence electrons. The predicted molar refractivity (Wildman–Crippen MR) is 72.6 cm³/mol. The fraction of sp³-hybridized carbons (Fsp3) is 0.750. The van der Waals surface area contributed by atoms with E-state index in [1.165, 1.54) is 6.42 Å². The number of nitrogens with zero attached hydrogens (tertiary/aromatic N) is 1. The number of fused-ring (bicyclic) bond motifs is 3. The van der Waals surface area contributed by atoms with Crippen molar-refractivity contribution in [3.8, 4) is 0 Å². The second-order valence-electron chi connectivity index (χ2n) is 8.03. The van der Waals surface area contributed by atoms with Crippen LogP contribution < -0.4 is 0 Å². The highest BCUT2D eigenvalue weighted by molar-refractivity contribution is 5.46. The van der Waals surface area contributed by atoms with Crippen molar-refractivity contribution in [2.75, 3.05) is 0 Å². The van der Waals surface area contributed by atoms with Crippen molar-refractivity contribution >= 4 is 0 Å². The fourth-order valence-corrected chi connectivity index (χ4v) is 3.66. The van der Waals surface area contributed by atoms with Gasteiger partial charge in [0.2, 0.25) is 0 Å². The summed E-state index contributed by atoms with van der Waals surface area (Å²) < 4.78 is 0. The van der Waals surface area contributed by atoms with Crippen LogP contribution in [0.1, 0.15) is 48.0 Å². The molecule has 0 bridgehead atoms. The molecule has 1 nitrogen and oxygen atoms in total. The summed E-state index contributed by atoms with van der Waals surface area (Å²) in [5, 5.41) is 0. The maximum Gasteiger partial charge on any atom is 0.0716 e. The average Bonchev–Trinajstić information content (AvgIpc) is 2.72. The van der Waals surface area contributed by atoms with Crippen molar-refractivity contribution < 1.29 is 0 Å². The standard InChI is InChI=1S/C16H25N/c1-15(2,3)12-9-17-13(11-8-7-10(11)12)14(17)16(4,5)6/h8-10,13-14H,7H2,1-6H3. The molecule has 3 unspecified atom stereocenters. The van der Waals surface area contributed by atoms with E-state index in [-0.39, 0.29) is 0 Å². The van der Waals surface area contributed by atoms with Gasteiger partial charge in [-0.2, -0.15) is 0 Å². The lowest BCUT2D eigenvalue weighted by Gasteiger charge is -2.39. The van der Waals surface area contributed by atoms with E-state index in [1.807, 2.05) is 0 Å². The van der Waals surface area contributed by atoms with E-state index in [9.17, 15) is 0 Å². The fourth-order valence-electron chi connectivity index (χ4n) is 3.66. The molecule has 0 spiro atoms. The quantitative estimate of drug-likeness (QED) is 0.450. The van der Waals surface area contributed by atoms with Gasteiger partial charge in [-0.05, 0) is 28.4 Å². The summed E-state index contributed by atoms with van der Waals surface area (Å²) in [6, 6.07) is 1.47. The molecule has 2 aliphatic heterocycles. The monoisotopic (exact) mass is 231 g/mol. The normalized spacial score (nSPS) is 35.4. The molecule has 0 radical (unpaired) electrons. The van der Waals surface area contributed by atoms with Crippen LogP contribution >= 0.6 is 0 Å². The number of hydrogen-bond acceptors (Lipinski definition) is 1. The largest absolute Gasteiger partial charge is 0.363 e. The molecule has 0 aromatic carbocycles. The second-order valence-corrected chi connectivity index (χ2v) is 8.03. The van der Waals surface area contributed by atoms with Crippen LogP contribution in [0.25, 0.3) is 0 Å². The average molecular weight is 231 g/mol. The zero-order valence-electron chi connectivity index (χ0n) is 12.0. The highest BCUT2D eigenvalue weighted by Gasteiger charge is 2.59. The molecule has 0 saturated carbocycles. The van der Waals surface area contributed by atoms with Crippen molar-refractivity contribution in [3.05, 3.63) is 23.4 Å². The molecular formula is C16H25N. The van der Waals surface area contributed by atoms with Crippen LogP contribution in [0.5, 0.6) is 0 Å².